The van der Waals surface area contributed by atoms with Crippen LogP contribution >= 0.6 is 0 Å². The molecule has 1 aliphatic rings. The Labute approximate surface area is 194 Å². The third kappa shape index (κ3) is 5.18. The van der Waals surface area contributed by atoms with Gasteiger partial charge in [-0.05, 0) is 35.9 Å². The Morgan fingerprint density at radius 2 is 1.48 bits per heavy atom. The van der Waals surface area contributed by atoms with E-state index >= 15 is 0 Å². The molecule has 176 valence electrons. The second-order valence-corrected chi connectivity index (χ2v) is 7.78. The van der Waals surface area contributed by atoms with Crippen LogP contribution in [0.5, 0.6) is 5.75 Å². The molecule has 0 bridgehead atoms. The molecule has 0 N–H and O–H groups in total. The van der Waals surface area contributed by atoms with Crippen molar-refractivity contribution in [1.82, 2.24) is 4.90 Å². The summed E-state index contributed by atoms with van der Waals surface area (Å²) >= 11 is 0. The first kappa shape index (κ1) is 24.3. The average molecular weight is 454 g/mol. The van der Waals surface area contributed by atoms with E-state index in [1.165, 1.54) is 4.90 Å². The third-order valence-electron chi connectivity index (χ3n) is 5.49. The van der Waals surface area contributed by atoms with Gasteiger partial charge in [0.1, 0.15) is 11.4 Å². The summed E-state index contributed by atoms with van der Waals surface area (Å²) in [5.41, 5.74) is 2.76. The smallest absolute Gasteiger partial charge is 0.282 e. The lowest BCUT2D eigenvalue weighted by Crippen LogP contribution is -2.37. The van der Waals surface area contributed by atoms with Crippen LogP contribution in [0, 0.1) is 0 Å². The summed E-state index contributed by atoms with van der Waals surface area (Å²) in [5, 5.41) is 0. The van der Waals surface area contributed by atoms with Crippen molar-refractivity contribution in [1.29, 1.82) is 0 Å². The molecule has 0 aliphatic carbocycles. The predicted molar refractivity (Wildman–Crippen MR) is 129 cm³/mol. The first-order chi connectivity index (χ1) is 15.9. The van der Waals surface area contributed by atoms with Crippen LogP contribution in [0.4, 0.5) is 11.4 Å². The van der Waals surface area contributed by atoms with Gasteiger partial charge >= 0.3 is 0 Å². The fourth-order valence-corrected chi connectivity index (χ4v) is 3.71. The SMILES string of the molecule is COCCN(CCOC)C1=C(c2ccc(OC)cc2)C(=O)N(c2cccc(N(C)C)c2)C1=O. The van der Waals surface area contributed by atoms with Gasteiger partial charge in [-0.25, -0.2) is 4.90 Å². The van der Waals surface area contributed by atoms with Crippen LogP contribution in [0.2, 0.25) is 0 Å². The molecule has 2 aromatic carbocycles. The molecular formula is C25H31N3O5. The summed E-state index contributed by atoms with van der Waals surface area (Å²) in [5.74, 6) is -0.0614. The molecule has 0 spiro atoms. The number of nitrogens with zero attached hydrogens (tertiary/aromatic N) is 3. The van der Waals surface area contributed by atoms with Gasteiger partial charge in [-0.2, -0.15) is 0 Å². The van der Waals surface area contributed by atoms with Crippen LogP contribution in [0.1, 0.15) is 5.56 Å². The van der Waals surface area contributed by atoms with Gasteiger partial charge in [0.2, 0.25) is 0 Å². The zero-order chi connectivity index (χ0) is 24.0. The van der Waals surface area contributed by atoms with Gasteiger partial charge in [-0.1, -0.05) is 18.2 Å². The van der Waals surface area contributed by atoms with Crippen LogP contribution in [-0.4, -0.2) is 78.4 Å². The van der Waals surface area contributed by atoms with E-state index in [1.807, 2.05) is 42.1 Å². The minimum Gasteiger partial charge on any atom is -0.497 e. The molecule has 2 amide bonds. The van der Waals surface area contributed by atoms with Crippen molar-refractivity contribution in [3.8, 4) is 5.75 Å². The standard InChI is InChI=1S/C25H31N3O5/c1-26(2)19-7-6-8-20(17-19)28-24(29)22(18-9-11-21(33-5)12-10-18)23(25(28)30)27(13-15-31-3)14-16-32-4/h6-12,17H,13-16H2,1-5H3. The topological polar surface area (TPSA) is 71.6 Å². The number of carbonyl (C=O) groups is 2. The van der Waals surface area contributed by atoms with Crippen molar-refractivity contribution in [3.05, 3.63) is 59.8 Å². The van der Waals surface area contributed by atoms with Gasteiger partial charge in [0.05, 0.1) is 31.6 Å². The molecule has 0 saturated heterocycles. The second kappa shape index (κ2) is 11.0. The molecule has 8 heteroatoms. The first-order valence-corrected chi connectivity index (χ1v) is 10.7. The average Bonchev–Trinajstić information content (AvgIpc) is 3.09. The largest absolute Gasteiger partial charge is 0.497 e. The lowest BCUT2D eigenvalue weighted by atomic mass is 10.0. The number of rotatable bonds is 11. The van der Waals surface area contributed by atoms with E-state index in [0.717, 1.165) is 5.69 Å². The number of anilines is 2. The lowest BCUT2D eigenvalue weighted by Gasteiger charge is -2.26. The summed E-state index contributed by atoms with van der Waals surface area (Å²) in [6.07, 6.45) is 0. The Balaban J connectivity index is 2.12. The molecule has 8 nitrogen and oxygen atoms in total. The van der Waals surface area contributed by atoms with Crippen molar-refractivity contribution in [2.75, 3.05) is 71.5 Å². The third-order valence-corrected chi connectivity index (χ3v) is 5.49. The maximum atomic E-state index is 13.8. The van der Waals surface area contributed by atoms with Crippen molar-refractivity contribution in [3.63, 3.8) is 0 Å². The Morgan fingerprint density at radius 1 is 0.848 bits per heavy atom. The molecule has 33 heavy (non-hydrogen) atoms. The van der Waals surface area contributed by atoms with E-state index in [1.54, 1.807) is 51.7 Å². The van der Waals surface area contributed by atoms with Gasteiger partial charge in [0, 0.05) is 47.1 Å². The van der Waals surface area contributed by atoms with Crippen molar-refractivity contribution in [2.24, 2.45) is 0 Å². The number of methoxy groups -OCH3 is 3. The van der Waals surface area contributed by atoms with Crippen LogP contribution in [0.25, 0.3) is 5.57 Å². The van der Waals surface area contributed by atoms with E-state index in [9.17, 15) is 9.59 Å². The van der Waals surface area contributed by atoms with E-state index in [0.29, 0.717) is 54.6 Å². The van der Waals surface area contributed by atoms with Gasteiger partial charge in [0.25, 0.3) is 11.8 Å². The highest BCUT2D eigenvalue weighted by atomic mass is 16.5. The molecule has 2 aromatic rings. The summed E-state index contributed by atoms with van der Waals surface area (Å²) in [6.45, 7) is 1.69. The Kier molecular flexibility index (Phi) is 8.08. The molecule has 0 atom stereocenters. The number of carbonyl (C=O) groups excluding carboxylic acids is 2. The maximum Gasteiger partial charge on any atom is 0.282 e. The van der Waals surface area contributed by atoms with Crippen molar-refractivity contribution in [2.45, 2.75) is 0 Å². The number of imide groups is 1. The molecule has 0 aromatic heterocycles. The summed E-state index contributed by atoms with van der Waals surface area (Å²) < 4.78 is 15.8. The number of amides is 2. The Hall–Kier alpha value is -3.36. The molecule has 0 saturated carbocycles. The Bertz CT molecular complexity index is 1010. The van der Waals surface area contributed by atoms with E-state index in [-0.39, 0.29) is 11.8 Å². The van der Waals surface area contributed by atoms with Crippen molar-refractivity contribution >= 4 is 28.8 Å². The molecule has 1 heterocycles. The predicted octanol–water partition coefficient (Wildman–Crippen LogP) is 2.64. The van der Waals surface area contributed by atoms with Gasteiger partial charge in [-0.3, -0.25) is 9.59 Å². The number of hydrogen-bond donors (Lipinski definition) is 0. The summed E-state index contributed by atoms with van der Waals surface area (Å²) in [7, 11) is 8.62. The van der Waals surface area contributed by atoms with E-state index in [2.05, 4.69) is 0 Å². The Morgan fingerprint density at radius 3 is 2.03 bits per heavy atom. The summed E-state index contributed by atoms with van der Waals surface area (Å²) in [6, 6.07) is 14.5. The fourth-order valence-electron chi connectivity index (χ4n) is 3.71. The number of benzene rings is 2. The minimum absolute atomic E-state index is 0.342. The van der Waals surface area contributed by atoms with E-state index in [4.69, 9.17) is 14.2 Å². The highest BCUT2D eigenvalue weighted by molar-refractivity contribution is 6.45. The molecule has 0 unspecified atom stereocenters. The molecule has 3 rings (SSSR count). The quantitative estimate of drug-likeness (QED) is 0.485. The minimum atomic E-state index is -0.367. The highest BCUT2D eigenvalue weighted by Gasteiger charge is 2.42. The maximum absolute atomic E-state index is 13.8. The van der Waals surface area contributed by atoms with Gasteiger partial charge in [0.15, 0.2) is 0 Å². The molecule has 0 fully saturated rings. The second-order valence-electron chi connectivity index (χ2n) is 7.78. The lowest BCUT2D eigenvalue weighted by molar-refractivity contribution is -0.120. The van der Waals surface area contributed by atoms with Gasteiger partial charge < -0.3 is 24.0 Å². The zero-order valence-corrected chi connectivity index (χ0v) is 19.8. The van der Waals surface area contributed by atoms with E-state index < -0.39 is 0 Å². The molecule has 0 radical (unpaired) electrons. The van der Waals surface area contributed by atoms with Gasteiger partial charge in [-0.15, -0.1) is 0 Å². The van der Waals surface area contributed by atoms with Crippen LogP contribution < -0.4 is 14.5 Å². The normalized spacial score (nSPS) is 13.7. The highest BCUT2D eigenvalue weighted by Crippen LogP contribution is 2.36. The fraction of sp³-hybridized carbons (Fsp3) is 0.360. The number of hydrogen-bond acceptors (Lipinski definition) is 7. The van der Waals surface area contributed by atoms with Crippen molar-refractivity contribution < 1.29 is 23.8 Å². The molecule has 1 aliphatic heterocycles. The zero-order valence-electron chi connectivity index (χ0n) is 19.8. The van der Waals surface area contributed by atoms with Crippen LogP contribution in [-0.2, 0) is 19.1 Å². The monoisotopic (exact) mass is 453 g/mol. The molecular weight excluding hydrogens is 422 g/mol. The number of ether oxygens (including phenoxy) is 3. The van der Waals surface area contributed by atoms with Crippen LogP contribution in [0.3, 0.4) is 0 Å². The first-order valence-electron chi connectivity index (χ1n) is 10.7. The summed E-state index contributed by atoms with van der Waals surface area (Å²) in [4.78, 5) is 32.5. The van der Waals surface area contributed by atoms with Crippen LogP contribution in [0.15, 0.2) is 54.2 Å².